The van der Waals surface area contributed by atoms with Gasteiger partial charge in [-0.25, -0.2) is 0 Å². The molecule has 1 aromatic carbocycles. The Morgan fingerprint density at radius 3 is 2.72 bits per heavy atom. The molecule has 0 radical (unpaired) electrons. The first kappa shape index (κ1) is 12.9. The third kappa shape index (κ3) is 3.23. The maximum Gasteiger partial charge on any atom is 0.242 e. The summed E-state index contributed by atoms with van der Waals surface area (Å²) in [5.41, 5.74) is 0.993. The third-order valence-corrected chi connectivity index (χ3v) is 3.37. The predicted octanol–water partition coefficient (Wildman–Crippen LogP) is 1.26. The van der Waals surface area contributed by atoms with E-state index in [1.54, 1.807) is 0 Å². The SMILES string of the molecule is CC1CN(C)CCN1C(=O)CNc1ccccc1. The van der Waals surface area contributed by atoms with Crippen LogP contribution in [0.15, 0.2) is 30.3 Å². The Kier molecular flexibility index (Phi) is 4.20. The van der Waals surface area contributed by atoms with Gasteiger partial charge in [-0.15, -0.1) is 0 Å². The van der Waals surface area contributed by atoms with Gasteiger partial charge in [-0.05, 0) is 26.1 Å². The van der Waals surface area contributed by atoms with Crippen molar-refractivity contribution in [1.29, 1.82) is 0 Å². The number of amides is 1. The van der Waals surface area contributed by atoms with Crippen LogP contribution in [0.25, 0.3) is 0 Å². The minimum atomic E-state index is 0.180. The summed E-state index contributed by atoms with van der Waals surface area (Å²) < 4.78 is 0. The van der Waals surface area contributed by atoms with E-state index in [-0.39, 0.29) is 5.91 Å². The van der Waals surface area contributed by atoms with Crippen molar-refractivity contribution < 1.29 is 4.79 Å². The lowest BCUT2D eigenvalue weighted by Gasteiger charge is -2.38. The van der Waals surface area contributed by atoms with Crippen LogP contribution >= 0.6 is 0 Å². The number of nitrogens with one attached hydrogen (secondary N) is 1. The molecule has 1 N–H and O–H groups in total. The quantitative estimate of drug-likeness (QED) is 0.873. The molecule has 0 aromatic heterocycles. The van der Waals surface area contributed by atoms with E-state index in [4.69, 9.17) is 0 Å². The van der Waals surface area contributed by atoms with E-state index in [1.807, 2.05) is 35.2 Å². The fourth-order valence-electron chi connectivity index (χ4n) is 2.35. The molecule has 98 valence electrons. The van der Waals surface area contributed by atoms with E-state index in [0.29, 0.717) is 12.6 Å². The highest BCUT2D eigenvalue weighted by Gasteiger charge is 2.25. The molecule has 1 amide bonds. The molecule has 1 heterocycles. The highest BCUT2D eigenvalue weighted by atomic mass is 16.2. The normalized spacial score (nSPS) is 20.8. The number of piperazine rings is 1. The molecule has 1 unspecified atom stereocenters. The molecular weight excluding hydrogens is 226 g/mol. The Bertz CT molecular complexity index is 393. The fourth-order valence-corrected chi connectivity index (χ4v) is 2.35. The summed E-state index contributed by atoms with van der Waals surface area (Å²) in [5.74, 6) is 0.180. The minimum Gasteiger partial charge on any atom is -0.376 e. The molecule has 1 saturated heterocycles. The van der Waals surface area contributed by atoms with Crippen molar-refractivity contribution in [2.75, 3.05) is 38.5 Å². The summed E-state index contributed by atoms with van der Waals surface area (Å²) in [6, 6.07) is 10.1. The minimum absolute atomic E-state index is 0.180. The summed E-state index contributed by atoms with van der Waals surface area (Å²) in [4.78, 5) is 16.4. The van der Waals surface area contributed by atoms with Crippen LogP contribution in [0.2, 0.25) is 0 Å². The predicted molar refractivity (Wildman–Crippen MR) is 73.6 cm³/mol. The van der Waals surface area contributed by atoms with Crippen molar-refractivity contribution in [1.82, 2.24) is 9.80 Å². The molecule has 0 bridgehead atoms. The zero-order chi connectivity index (χ0) is 13.0. The van der Waals surface area contributed by atoms with Crippen LogP contribution in [-0.2, 0) is 4.79 Å². The Balaban J connectivity index is 1.85. The second-order valence-electron chi connectivity index (χ2n) is 4.92. The first-order valence-corrected chi connectivity index (χ1v) is 6.44. The third-order valence-electron chi connectivity index (χ3n) is 3.37. The van der Waals surface area contributed by atoms with Crippen LogP contribution in [-0.4, -0.2) is 55.0 Å². The number of hydrogen-bond donors (Lipinski definition) is 1. The van der Waals surface area contributed by atoms with Crippen molar-refractivity contribution in [3.63, 3.8) is 0 Å². The van der Waals surface area contributed by atoms with Gasteiger partial charge in [0, 0.05) is 31.4 Å². The van der Waals surface area contributed by atoms with E-state index < -0.39 is 0 Å². The zero-order valence-electron chi connectivity index (χ0n) is 11.1. The molecule has 1 aromatic rings. The highest BCUT2D eigenvalue weighted by Crippen LogP contribution is 2.09. The van der Waals surface area contributed by atoms with Gasteiger partial charge in [0.2, 0.25) is 5.91 Å². The summed E-state index contributed by atoms with van der Waals surface area (Å²) in [5, 5.41) is 3.17. The number of nitrogens with zero attached hydrogens (tertiary/aromatic N) is 2. The molecule has 18 heavy (non-hydrogen) atoms. The first-order chi connectivity index (χ1) is 8.66. The van der Waals surface area contributed by atoms with Gasteiger partial charge in [0.05, 0.1) is 6.54 Å². The summed E-state index contributed by atoms with van der Waals surface area (Å²) in [6.45, 7) is 5.22. The van der Waals surface area contributed by atoms with Gasteiger partial charge >= 0.3 is 0 Å². The standard InChI is InChI=1S/C14H21N3O/c1-12-11-16(2)8-9-17(12)14(18)10-15-13-6-4-3-5-7-13/h3-7,12,15H,8-11H2,1-2H3. The number of benzene rings is 1. The van der Waals surface area contributed by atoms with Crippen LogP contribution in [0.5, 0.6) is 0 Å². The van der Waals surface area contributed by atoms with Crippen LogP contribution in [0.1, 0.15) is 6.92 Å². The fraction of sp³-hybridized carbons (Fsp3) is 0.500. The summed E-state index contributed by atoms with van der Waals surface area (Å²) >= 11 is 0. The molecule has 1 aliphatic heterocycles. The number of anilines is 1. The van der Waals surface area contributed by atoms with E-state index >= 15 is 0 Å². The number of carbonyl (C=O) groups excluding carboxylic acids is 1. The maximum absolute atomic E-state index is 12.1. The molecular formula is C14H21N3O. The smallest absolute Gasteiger partial charge is 0.242 e. The Morgan fingerprint density at radius 2 is 2.06 bits per heavy atom. The Hall–Kier alpha value is -1.55. The van der Waals surface area contributed by atoms with E-state index in [1.165, 1.54) is 0 Å². The summed E-state index contributed by atoms with van der Waals surface area (Å²) in [7, 11) is 2.10. The molecule has 0 aliphatic carbocycles. The lowest BCUT2D eigenvalue weighted by Crippen LogP contribution is -2.54. The van der Waals surface area contributed by atoms with Crippen LogP contribution in [0.4, 0.5) is 5.69 Å². The number of likely N-dealkylation sites (N-methyl/N-ethyl adjacent to an activating group) is 1. The average molecular weight is 247 g/mol. The second kappa shape index (κ2) is 5.87. The summed E-state index contributed by atoms with van der Waals surface area (Å²) in [6.07, 6.45) is 0. The monoisotopic (exact) mass is 247 g/mol. The van der Waals surface area contributed by atoms with Gasteiger partial charge in [-0.1, -0.05) is 18.2 Å². The largest absolute Gasteiger partial charge is 0.376 e. The maximum atomic E-state index is 12.1. The average Bonchev–Trinajstić information content (AvgIpc) is 2.37. The van der Waals surface area contributed by atoms with Gasteiger partial charge in [0.1, 0.15) is 0 Å². The zero-order valence-corrected chi connectivity index (χ0v) is 11.1. The number of para-hydroxylation sites is 1. The van der Waals surface area contributed by atoms with E-state index in [2.05, 4.69) is 24.2 Å². The molecule has 4 nitrogen and oxygen atoms in total. The van der Waals surface area contributed by atoms with Gasteiger partial charge in [-0.3, -0.25) is 4.79 Å². The van der Waals surface area contributed by atoms with Crippen molar-refractivity contribution in [3.05, 3.63) is 30.3 Å². The second-order valence-corrected chi connectivity index (χ2v) is 4.92. The van der Waals surface area contributed by atoms with Crippen molar-refractivity contribution in [2.24, 2.45) is 0 Å². The van der Waals surface area contributed by atoms with Crippen molar-refractivity contribution >= 4 is 11.6 Å². The molecule has 1 aliphatic rings. The first-order valence-electron chi connectivity index (χ1n) is 6.44. The Labute approximate surface area is 109 Å². The van der Waals surface area contributed by atoms with Gasteiger partial charge in [0.25, 0.3) is 0 Å². The number of hydrogen-bond acceptors (Lipinski definition) is 3. The van der Waals surface area contributed by atoms with Gasteiger partial charge < -0.3 is 15.1 Å². The molecule has 4 heteroatoms. The molecule has 2 rings (SSSR count). The molecule has 0 spiro atoms. The number of carbonyl (C=O) groups is 1. The van der Waals surface area contributed by atoms with Gasteiger partial charge in [0.15, 0.2) is 0 Å². The topological polar surface area (TPSA) is 35.6 Å². The van der Waals surface area contributed by atoms with Crippen LogP contribution in [0, 0.1) is 0 Å². The van der Waals surface area contributed by atoms with E-state index in [0.717, 1.165) is 25.3 Å². The highest BCUT2D eigenvalue weighted by molar-refractivity contribution is 5.81. The molecule has 1 fully saturated rings. The lowest BCUT2D eigenvalue weighted by atomic mass is 10.2. The van der Waals surface area contributed by atoms with E-state index in [9.17, 15) is 4.79 Å². The number of rotatable bonds is 3. The van der Waals surface area contributed by atoms with Crippen molar-refractivity contribution in [2.45, 2.75) is 13.0 Å². The lowest BCUT2D eigenvalue weighted by molar-refractivity contribution is -0.133. The molecule has 1 atom stereocenters. The van der Waals surface area contributed by atoms with Crippen LogP contribution in [0.3, 0.4) is 0 Å². The van der Waals surface area contributed by atoms with Crippen molar-refractivity contribution in [3.8, 4) is 0 Å². The van der Waals surface area contributed by atoms with Crippen LogP contribution < -0.4 is 5.32 Å². The Morgan fingerprint density at radius 1 is 1.33 bits per heavy atom. The molecule has 0 saturated carbocycles. The van der Waals surface area contributed by atoms with Gasteiger partial charge in [-0.2, -0.15) is 0 Å².